The minimum Gasteiger partial charge on any atom is -0.314 e. The summed E-state index contributed by atoms with van der Waals surface area (Å²) in [6.45, 7) is 7.18. The molecule has 0 atom stereocenters. The van der Waals surface area contributed by atoms with Gasteiger partial charge in [-0.25, -0.2) is 0 Å². The van der Waals surface area contributed by atoms with Crippen LogP contribution in [0.15, 0.2) is 54.7 Å². The van der Waals surface area contributed by atoms with E-state index in [9.17, 15) is 0 Å². The third-order valence-electron chi connectivity index (χ3n) is 4.27. The van der Waals surface area contributed by atoms with Crippen LogP contribution in [0.4, 0.5) is 0 Å². The highest BCUT2D eigenvalue weighted by Crippen LogP contribution is 2.29. The monoisotopic (exact) mass is 306 g/mol. The number of pyridine rings is 1. The van der Waals surface area contributed by atoms with Crippen LogP contribution < -0.4 is 0 Å². The van der Waals surface area contributed by atoms with Gasteiger partial charge in [-0.05, 0) is 44.9 Å². The highest BCUT2D eigenvalue weighted by atomic mass is 15.3. The van der Waals surface area contributed by atoms with Crippen molar-refractivity contribution in [1.29, 1.82) is 0 Å². The zero-order valence-electron chi connectivity index (χ0n) is 13.9. The molecule has 0 saturated heterocycles. The summed E-state index contributed by atoms with van der Waals surface area (Å²) in [4.78, 5) is 4.51. The van der Waals surface area contributed by atoms with Crippen LogP contribution in [0.3, 0.4) is 0 Å². The van der Waals surface area contributed by atoms with Gasteiger partial charge >= 0.3 is 0 Å². The summed E-state index contributed by atoms with van der Waals surface area (Å²) >= 11 is 0. The number of aromatic nitrogens is 4. The van der Waals surface area contributed by atoms with Crippen molar-refractivity contribution in [3.63, 3.8) is 0 Å². The van der Waals surface area contributed by atoms with Crippen LogP contribution in [0.5, 0.6) is 0 Å². The second kappa shape index (κ2) is 6.32. The van der Waals surface area contributed by atoms with Gasteiger partial charge in [0.05, 0.1) is 11.1 Å². The Hall–Kier alpha value is -2.49. The molecule has 118 valence electrons. The summed E-state index contributed by atoms with van der Waals surface area (Å²) in [5.41, 5.74) is 2.05. The SMILES string of the molecule is Cc1nnc(C(C)(C)c2ccccn2)n1CCc1ccccc1. The average molecular weight is 306 g/mol. The molecule has 2 aromatic heterocycles. The molecule has 0 fully saturated rings. The molecule has 4 nitrogen and oxygen atoms in total. The number of hydrogen-bond donors (Lipinski definition) is 0. The van der Waals surface area contributed by atoms with Crippen LogP contribution in [-0.4, -0.2) is 19.7 Å². The molecule has 0 bridgehead atoms. The molecule has 0 saturated carbocycles. The first kappa shape index (κ1) is 15.4. The molecule has 0 spiro atoms. The zero-order chi connectivity index (χ0) is 16.3. The van der Waals surface area contributed by atoms with Gasteiger partial charge in [-0.2, -0.15) is 0 Å². The normalized spacial score (nSPS) is 11.6. The molecule has 3 aromatic rings. The highest BCUT2D eigenvalue weighted by Gasteiger charge is 2.30. The predicted molar refractivity (Wildman–Crippen MR) is 91.3 cm³/mol. The van der Waals surface area contributed by atoms with E-state index in [-0.39, 0.29) is 5.41 Å². The predicted octanol–water partition coefficient (Wildman–Crippen LogP) is 3.55. The fourth-order valence-electron chi connectivity index (χ4n) is 2.84. The standard InChI is InChI=1S/C19H22N4/c1-15-21-22-18(19(2,3)17-11-7-8-13-20-17)23(15)14-12-16-9-5-4-6-10-16/h4-11,13H,12,14H2,1-3H3. The Balaban J connectivity index is 1.89. The first-order valence-corrected chi connectivity index (χ1v) is 7.95. The second-order valence-electron chi connectivity index (χ2n) is 6.30. The first-order chi connectivity index (χ1) is 11.1. The number of benzene rings is 1. The second-order valence-corrected chi connectivity index (χ2v) is 6.30. The summed E-state index contributed by atoms with van der Waals surface area (Å²) in [5.74, 6) is 1.91. The third kappa shape index (κ3) is 3.16. The maximum absolute atomic E-state index is 4.51. The zero-order valence-corrected chi connectivity index (χ0v) is 13.9. The molecule has 0 aliphatic carbocycles. The van der Waals surface area contributed by atoms with E-state index in [4.69, 9.17) is 0 Å². The molecular formula is C19H22N4. The fraction of sp³-hybridized carbons (Fsp3) is 0.316. The van der Waals surface area contributed by atoms with Gasteiger partial charge in [0.25, 0.3) is 0 Å². The van der Waals surface area contributed by atoms with Gasteiger partial charge in [-0.3, -0.25) is 4.98 Å². The summed E-state index contributed by atoms with van der Waals surface area (Å²) in [6.07, 6.45) is 2.79. The van der Waals surface area contributed by atoms with Gasteiger partial charge in [0.1, 0.15) is 11.6 Å². The lowest BCUT2D eigenvalue weighted by atomic mass is 9.87. The molecule has 0 aliphatic heterocycles. The lowest BCUT2D eigenvalue weighted by Crippen LogP contribution is -2.26. The van der Waals surface area contributed by atoms with Crippen molar-refractivity contribution in [2.45, 2.75) is 39.2 Å². The summed E-state index contributed by atoms with van der Waals surface area (Å²) in [5, 5.41) is 8.75. The van der Waals surface area contributed by atoms with Crippen molar-refractivity contribution >= 4 is 0 Å². The van der Waals surface area contributed by atoms with Crippen molar-refractivity contribution in [2.75, 3.05) is 0 Å². The first-order valence-electron chi connectivity index (χ1n) is 7.95. The van der Waals surface area contributed by atoms with E-state index in [1.165, 1.54) is 5.56 Å². The largest absolute Gasteiger partial charge is 0.314 e. The van der Waals surface area contributed by atoms with Crippen molar-refractivity contribution in [1.82, 2.24) is 19.7 Å². The fourth-order valence-corrected chi connectivity index (χ4v) is 2.84. The Morgan fingerprint density at radius 3 is 2.39 bits per heavy atom. The van der Waals surface area contributed by atoms with E-state index < -0.39 is 0 Å². The van der Waals surface area contributed by atoms with Gasteiger partial charge in [-0.15, -0.1) is 10.2 Å². The molecule has 0 aliphatic rings. The summed E-state index contributed by atoms with van der Waals surface area (Å²) < 4.78 is 2.21. The van der Waals surface area contributed by atoms with Crippen LogP contribution in [-0.2, 0) is 18.4 Å². The molecule has 1 aromatic carbocycles. The Morgan fingerprint density at radius 1 is 0.957 bits per heavy atom. The molecule has 3 rings (SSSR count). The minimum absolute atomic E-state index is 0.279. The average Bonchev–Trinajstić information content (AvgIpc) is 2.96. The Kier molecular flexibility index (Phi) is 4.24. The molecule has 0 radical (unpaired) electrons. The van der Waals surface area contributed by atoms with Crippen LogP contribution in [0.25, 0.3) is 0 Å². The minimum atomic E-state index is -0.279. The van der Waals surface area contributed by atoms with Gasteiger partial charge in [0, 0.05) is 12.7 Å². The van der Waals surface area contributed by atoms with Crippen LogP contribution >= 0.6 is 0 Å². The van der Waals surface area contributed by atoms with Gasteiger partial charge in [0.2, 0.25) is 0 Å². The van der Waals surface area contributed by atoms with Crippen molar-refractivity contribution in [2.24, 2.45) is 0 Å². The quantitative estimate of drug-likeness (QED) is 0.724. The number of nitrogens with zero attached hydrogens (tertiary/aromatic N) is 4. The van der Waals surface area contributed by atoms with Crippen LogP contribution in [0.2, 0.25) is 0 Å². The maximum Gasteiger partial charge on any atom is 0.144 e. The van der Waals surface area contributed by atoms with Gasteiger partial charge < -0.3 is 4.57 Å². The van der Waals surface area contributed by atoms with E-state index in [0.717, 1.165) is 30.3 Å². The van der Waals surface area contributed by atoms with Crippen molar-refractivity contribution < 1.29 is 0 Å². The Labute approximate surface area is 137 Å². The highest BCUT2D eigenvalue weighted by molar-refractivity contribution is 5.25. The number of hydrogen-bond acceptors (Lipinski definition) is 3. The number of rotatable bonds is 5. The van der Waals surface area contributed by atoms with E-state index in [2.05, 4.69) is 57.9 Å². The van der Waals surface area contributed by atoms with Crippen LogP contribution in [0, 0.1) is 6.92 Å². The van der Waals surface area contributed by atoms with Crippen LogP contribution in [0.1, 0.15) is 36.8 Å². The lowest BCUT2D eigenvalue weighted by Gasteiger charge is -2.24. The third-order valence-corrected chi connectivity index (χ3v) is 4.27. The smallest absolute Gasteiger partial charge is 0.144 e. The Morgan fingerprint density at radius 2 is 1.70 bits per heavy atom. The molecule has 0 unspecified atom stereocenters. The number of aryl methyl sites for hydroxylation is 2. The van der Waals surface area contributed by atoms with Gasteiger partial charge in [0.15, 0.2) is 0 Å². The van der Waals surface area contributed by atoms with E-state index >= 15 is 0 Å². The molecule has 2 heterocycles. The molecule has 0 N–H and O–H groups in total. The molecule has 0 amide bonds. The van der Waals surface area contributed by atoms with Crippen molar-refractivity contribution in [3.05, 3.63) is 77.6 Å². The van der Waals surface area contributed by atoms with Gasteiger partial charge in [-0.1, -0.05) is 36.4 Å². The van der Waals surface area contributed by atoms with E-state index in [0.29, 0.717) is 0 Å². The van der Waals surface area contributed by atoms with Crippen molar-refractivity contribution in [3.8, 4) is 0 Å². The summed E-state index contributed by atoms with van der Waals surface area (Å²) in [7, 11) is 0. The Bertz CT molecular complexity index is 761. The molecule has 23 heavy (non-hydrogen) atoms. The van der Waals surface area contributed by atoms with E-state index in [1.807, 2.05) is 37.4 Å². The van der Waals surface area contributed by atoms with E-state index in [1.54, 1.807) is 0 Å². The lowest BCUT2D eigenvalue weighted by molar-refractivity contribution is 0.512. The maximum atomic E-state index is 4.51. The topological polar surface area (TPSA) is 43.6 Å². The molecule has 4 heteroatoms. The molecular weight excluding hydrogens is 284 g/mol. The summed E-state index contributed by atoms with van der Waals surface area (Å²) in [6, 6.07) is 16.5.